The third-order valence-corrected chi connectivity index (χ3v) is 3.19. The van der Waals surface area contributed by atoms with Crippen molar-refractivity contribution < 1.29 is 4.74 Å². The monoisotopic (exact) mass is 228 g/mol. The van der Waals surface area contributed by atoms with Crippen molar-refractivity contribution in [3.05, 3.63) is 35.9 Å². The standard InChI is InChI=1S/C14H16N2O/c1-10-8-11-4-2-3-5-13(11)16-14(10)15-12-6-7-17-9-12/h2-5,8,12H,6-7,9H2,1H3,(H,15,16). The molecule has 1 fully saturated rings. The Bertz CT molecular complexity index is 533. The predicted octanol–water partition coefficient (Wildman–Crippen LogP) is 2.74. The first-order valence-electron chi connectivity index (χ1n) is 6.03. The topological polar surface area (TPSA) is 34.2 Å². The van der Waals surface area contributed by atoms with Crippen molar-refractivity contribution in [1.82, 2.24) is 4.98 Å². The summed E-state index contributed by atoms with van der Waals surface area (Å²) < 4.78 is 5.37. The lowest BCUT2D eigenvalue weighted by Crippen LogP contribution is -2.20. The van der Waals surface area contributed by atoms with Crippen LogP contribution in [0.3, 0.4) is 0 Å². The summed E-state index contributed by atoms with van der Waals surface area (Å²) in [6.07, 6.45) is 1.06. The van der Waals surface area contributed by atoms with Gasteiger partial charge in [0.2, 0.25) is 0 Å². The Morgan fingerprint density at radius 2 is 2.24 bits per heavy atom. The van der Waals surface area contributed by atoms with E-state index in [4.69, 9.17) is 4.74 Å². The van der Waals surface area contributed by atoms with Gasteiger partial charge in [0.15, 0.2) is 0 Å². The molecule has 1 atom stereocenters. The lowest BCUT2D eigenvalue weighted by atomic mass is 10.1. The molecule has 1 aliphatic heterocycles. The number of fused-ring (bicyclic) bond motifs is 1. The number of nitrogens with one attached hydrogen (secondary N) is 1. The van der Waals surface area contributed by atoms with Crippen LogP contribution in [0.5, 0.6) is 0 Å². The quantitative estimate of drug-likeness (QED) is 0.858. The second-order valence-corrected chi connectivity index (χ2v) is 4.55. The number of hydrogen-bond acceptors (Lipinski definition) is 3. The molecule has 1 aromatic heterocycles. The Morgan fingerprint density at radius 1 is 1.35 bits per heavy atom. The summed E-state index contributed by atoms with van der Waals surface area (Å²) in [6.45, 7) is 3.73. The molecule has 3 nitrogen and oxygen atoms in total. The number of benzene rings is 1. The number of pyridine rings is 1. The van der Waals surface area contributed by atoms with E-state index in [1.54, 1.807) is 0 Å². The molecule has 2 heterocycles. The zero-order valence-corrected chi connectivity index (χ0v) is 9.94. The zero-order chi connectivity index (χ0) is 11.7. The molecule has 88 valence electrons. The van der Waals surface area contributed by atoms with E-state index in [0.717, 1.165) is 31.0 Å². The van der Waals surface area contributed by atoms with Gasteiger partial charge < -0.3 is 10.1 Å². The second-order valence-electron chi connectivity index (χ2n) is 4.55. The van der Waals surface area contributed by atoms with Gasteiger partial charge in [-0.1, -0.05) is 18.2 Å². The van der Waals surface area contributed by atoms with Crippen LogP contribution in [0.2, 0.25) is 0 Å². The highest BCUT2D eigenvalue weighted by Crippen LogP contribution is 2.21. The normalized spacial score (nSPS) is 19.7. The van der Waals surface area contributed by atoms with E-state index in [9.17, 15) is 0 Å². The van der Waals surface area contributed by atoms with Crippen LogP contribution in [0, 0.1) is 6.92 Å². The molecule has 1 unspecified atom stereocenters. The van der Waals surface area contributed by atoms with Gasteiger partial charge in [0, 0.05) is 12.0 Å². The van der Waals surface area contributed by atoms with Gasteiger partial charge in [-0.05, 0) is 31.0 Å². The Kier molecular flexibility index (Phi) is 2.69. The zero-order valence-electron chi connectivity index (χ0n) is 9.94. The summed E-state index contributed by atoms with van der Waals surface area (Å²) in [5.41, 5.74) is 2.23. The van der Waals surface area contributed by atoms with Crippen molar-refractivity contribution in [3.8, 4) is 0 Å². The number of nitrogens with zero attached hydrogens (tertiary/aromatic N) is 1. The fourth-order valence-electron chi connectivity index (χ4n) is 2.21. The molecule has 0 bridgehead atoms. The molecule has 2 aromatic rings. The molecule has 1 aromatic carbocycles. The van der Waals surface area contributed by atoms with Gasteiger partial charge in [-0.2, -0.15) is 0 Å². The molecule has 0 spiro atoms. The van der Waals surface area contributed by atoms with E-state index in [1.807, 2.05) is 18.2 Å². The predicted molar refractivity (Wildman–Crippen MR) is 69.3 cm³/mol. The van der Waals surface area contributed by atoms with E-state index < -0.39 is 0 Å². The summed E-state index contributed by atoms with van der Waals surface area (Å²) in [7, 11) is 0. The molecular formula is C14H16N2O. The third-order valence-electron chi connectivity index (χ3n) is 3.19. The summed E-state index contributed by atoms with van der Waals surface area (Å²) in [6, 6.07) is 10.8. The molecule has 1 N–H and O–H groups in total. The average molecular weight is 228 g/mol. The van der Waals surface area contributed by atoms with Gasteiger partial charge in [-0.15, -0.1) is 0 Å². The molecule has 0 aliphatic carbocycles. The number of aromatic nitrogens is 1. The molecule has 0 saturated carbocycles. The SMILES string of the molecule is Cc1cc2ccccc2nc1NC1CCOC1. The Labute approximate surface area is 101 Å². The first kappa shape index (κ1) is 10.5. The van der Waals surface area contributed by atoms with Gasteiger partial charge in [-0.25, -0.2) is 4.98 Å². The van der Waals surface area contributed by atoms with Crippen molar-refractivity contribution in [3.63, 3.8) is 0 Å². The number of anilines is 1. The van der Waals surface area contributed by atoms with Gasteiger partial charge in [0.05, 0.1) is 18.2 Å². The van der Waals surface area contributed by atoms with Crippen LogP contribution in [-0.2, 0) is 4.74 Å². The molecule has 1 saturated heterocycles. The van der Waals surface area contributed by atoms with Crippen molar-refractivity contribution in [2.45, 2.75) is 19.4 Å². The molecule has 3 heteroatoms. The molecule has 0 radical (unpaired) electrons. The van der Waals surface area contributed by atoms with Crippen molar-refractivity contribution in [1.29, 1.82) is 0 Å². The van der Waals surface area contributed by atoms with E-state index in [2.05, 4.69) is 29.4 Å². The maximum absolute atomic E-state index is 5.37. The summed E-state index contributed by atoms with van der Waals surface area (Å²) in [5.74, 6) is 0.985. The highest BCUT2D eigenvalue weighted by atomic mass is 16.5. The number of ether oxygens (including phenoxy) is 1. The van der Waals surface area contributed by atoms with Gasteiger partial charge in [0.25, 0.3) is 0 Å². The summed E-state index contributed by atoms with van der Waals surface area (Å²) in [4.78, 5) is 4.67. The maximum Gasteiger partial charge on any atom is 0.129 e. The summed E-state index contributed by atoms with van der Waals surface area (Å²) in [5, 5.41) is 4.66. The van der Waals surface area contributed by atoms with Crippen LogP contribution < -0.4 is 5.32 Å². The summed E-state index contributed by atoms with van der Waals surface area (Å²) >= 11 is 0. The van der Waals surface area contributed by atoms with Crippen molar-refractivity contribution in [2.24, 2.45) is 0 Å². The minimum atomic E-state index is 0.405. The van der Waals surface area contributed by atoms with Crippen LogP contribution in [-0.4, -0.2) is 24.2 Å². The maximum atomic E-state index is 5.37. The van der Waals surface area contributed by atoms with Crippen molar-refractivity contribution >= 4 is 16.7 Å². The minimum Gasteiger partial charge on any atom is -0.379 e. The number of rotatable bonds is 2. The van der Waals surface area contributed by atoms with Gasteiger partial charge in [0.1, 0.15) is 5.82 Å². The van der Waals surface area contributed by atoms with Crippen LogP contribution in [0.25, 0.3) is 10.9 Å². The van der Waals surface area contributed by atoms with Gasteiger partial charge >= 0.3 is 0 Å². The average Bonchev–Trinajstić information content (AvgIpc) is 2.83. The minimum absolute atomic E-state index is 0.405. The van der Waals surface area contributed by atoms with E-state index in [0.29, 0.717) is 6.04 Å². The van der Waals surface area contributed by atoms with Crippen molar-refractivity contribution in [2.75, 3.05) is 18.5 Å². The third kappa shape index (κ3) is 2.11. The van der Waals surface area contributed by atoms with Crippen LogP contribution in [0.1, 0.15) is 12.0 Å². The van der Waals surface area contributed by atoms with Crippen LogP contribution in [0.4, 0.5) is 5.82 Å². The first-order chi connectivity index (χ1) is 8.33. The van der Waals surface area contributed by atoms with Crippen LogP contribution >= 0.6 is 0 Å². The highest BCUT2D eigenvalue weighted by molar-refractivity contribution is 5.81. The second kappa shape index (κ2) is 4.34. The molecule has 0 amide bonds. The Hall–Kier alpha value is -1.61. The fourth-order valence-corrected chi connectivity index (χ4v) is 2.21. The molecule has 1 aliphatic rings. The lowest BCUT2D eigenvalue weighted by Gasteiger charge is -2.14. The fraction of sp³-hybridized carbons (Fsp3) is 0.357. The number of para-hydroxylation sites is 1. The molecule has 17 heavy (non-hydrogen) atoms. The van der Waals surface area contributed by atoms with Crippen LogP contribution in [0.15, 0.2) is 30.3 Å². The van der Waals surface area contributed by atoms with E-state index in [-0.39, 0.29) is 0 Å². The smallest absolute Gasteiger partial charge is 0.129 e. The highest BCUT2D eigenvalue weighted by Gasteiger charge is 2.16. The molecule has 3 rings (SSSR count). The lowest BCUT2D eigenvalue weighted by molar-refractivity contribution is 0.195. The Morgan fingerprint density at radius 3 is 3.06 bits per heavy atom. The number of hydrogen-bond donors (Lipinski definition) is 1. The Balaban J connectivity index is 1.95. The van der Waals surface area contributed by atoms with Gasteiger partial charge in [-0.3, -0.25) is 0 Å². The van der Waals surface area contributed by atoms with E-state index in [1.165, 1.54) is 10.9 Å². The number of aryl methyl sites for hydroxylation is 1. The first-order valence-corrected chi connectivity index (χ1v) is 6.03. The largest absolute Gasteiger partial charge is 0.379 e. The molecular weight excluding hydrogens is 212 g/mol. The van der Waals surface area contributed by atoms with E-state index >= 15 is 0 Å².